The van der Waals surface area contributed by atoms with Crippen molar-refractivity contribution < 1.29 is 28.5 Å². The second-order valence-electron chi connectivity index (χ2n) is 6.04. The topological polar surface area (TPSA) is 108 Å². The Balaban J connectivity index is 2.40. The summed E-state index contributed by atoms with van der Waals surface area (Å²) in [7, 11) is 5.69. The van der Waals surface area contributed by atoms with Gasteiger partial charge in [-0.2, -0.15) is 5.11 Å². The SMILES string of the molecule is COc1ccc(OC)c(N=NC(C(C)=O)C(=O)Nc2cc(Cl)cc(OC)c2OC)c1Cl. The van der Waals surface area contributed by atoms with Crippen LogP contribution in [0, 0.1) is 0 Å². The van der Waals surface area contributed by atoms with Crippen molar-refractivity contribution in [2.24, 2.45) is 10.2 Å². The van der Waals surface area contributed by atoms with Crippen molar-refractivity contribution >= 4 is 46.3 Å². The number of nitrogens with one attached hydrogen (secondary N) is 1. The van der Waals surface area contributed by atoms with Crippen LogP contribution in [0.5, 0.6) is 23.0 Å². The maximum atomic E-state index is 12.8. The number of Topliss-reactive ketones (excluding diaryl/α,β-unsaturated/α-hetero) is 1. The Morgan fingerprint density at radius 1 is 0.935 bits per heavy atom. The van der Waals surface area contributed by atoms with Crippen molar-refractivity contribution in [3.05, 3.63) is 34.3 Å². The summed E-state index contributed by atoms with van der Waals surface area (Å²) in [6.07, 6.45) is 0. The predicted octanol–water partition coefficient (Wildman–Crippen LogP) is 4.71. The van der Waals surface area contributed by atoms with Crippen molar-refractivity contribution in [2.45, 2.75) is 13.0 Å². The third-order valence-electron chi connectivity index (χ3n) is 4.09. The van der Waals surface area contributed by atoms with Gasteiger partial charge in [0.25, 0.3) is 5.91 Å². The summed E-state index contributed by atoms with van der Waals surface area (Å²) >= 11 is 12.3. The number of carbonyl (C=O) groups is 2. The highest BCUT2D eigenvalue weighted by molar-refractivity contribution is 6.34. The maximum Gasteiger partial charge on any atom is 0.258 e. The average molecular weight is 470 g/mol. The molecule has 0 aliphatic rings. The lowest BCUT2D eigenvalue weighted by Gasteiger charge is -2.15. The monoisotopic (exact) mass is 469 g/mol. The van der Waals surface area contributed by atoms with Crippen molar-refractivity contribution in [1.29, 1.82) is 0 Å². The molecule has 1 unspecified atom stereocenters. The fourth-order valence-electron chi connectivity index (χ4n) is 2.60. The Kier molecular flexibility index (Phi) is 8.47. The number of hydrogen-bond acceptors (Lipinski definition) is 8. The number of methoxy groups -OCH3 is 4. The summed E-state index contributed by atoms with van der Waals surface area (Å²) in [5.74, 6) is -0.144. The van der Waals surface area contributed by atoms with Crippen LogP contribution in [0.2, 0.25) is 10.0 Å². The lowest BCUT2D eigenvalue weighted by molar-refractivity contribution is -0.126. The second-order valence-corrected chi connectivity index (χ2v) is 6.85. The van der Waals surface area contributed by atoms with Gasteiger partial charge < -0.3 is 24.3 Å². The smallest absolute Gasteiger partial charge is 0.258 e. The summed E-state index contributed by atoms with van der Waals surface area (Å²) in [6.45, 7) is 1.21. The van der Waals surface area contributed by atoms with Gasteiger partial charge in [0.15, 0.2) is 17.3 Å². The number of benzene rings is 2. The molecule has 2 aromatic rings. The van der Waals surface area contributed by atoms with Crippen molar-refractivity contribution in [2.75, 3.05) is 33.8 Å². The normalized spacial score (nSPS) is 11.7. The number of azo groups is 1. The van der Waals surface area contributed by atoms with E-state index in [0.29, 0.717) is 22.3 Å². The van der Waals surface area contributed by atoms with Gasteiger partial charge in [-0.15, -0.1) is 5.11 Å². The van der Waals surface area contributed by atoms with Crippen molar-refractivity contribution in [1.82, 2.24) is 0 Å². The number of ketones is 1. The van der Waals surface area contributed by atoms with Crippen molar-refractivity contribution in [3.63, 3.8) is 0 Å². The fraction of sp³-hybridized carbons (Fsp3) is 0.300. The number of nitrogens with zero attached hydrogens (tertiary/aromatic N) is 2. The molecule has 0 fully saturated rings. The van der Waals surface area contributed by atoms with Crippen LogP contribution in [0.15, 0.2) is 34.5 Å². The summed E-state index contributed by atoms with van der Waals surface area (Å²) < 4.78 is 20.9. The zero-order valence-corrected chi connectivity index (χ0v) is 19.0. The van der Waals surface area contributed by atoms with Crippen LogP contribution in [-0.2, 0) is 9.59 Å². The summed E-state index contributed by atoms with van der Waals surface area (Å²) in [6, 6.07) is 4.67. The highest BCUT2D eigenvalue weighted by atomic mass is 35.5. The van der Waals surface area contributed by atoms with Gasteiger partial charge in [0.2, 0.25) is 6.04 Å². The lowest BCUT2D eigenvalue weighted by Crippen LogP contribution is -2.32. The van der Waals surface area contributed by atoms with Crippen LogP contribution in [0.1, 0.15) is 6.92 Å². The summed E-state index contributed by atoms with van der Waals surface area (Å²) in [5.41, 5.74) is 0.319. The zero-order valence-electron chi connectivity index (χ0n) is 17.5. The predicted molar refractivity (Wildman–Crippen MR) is 117 cm³/mol. The van der Waals surface area contributed by atoms with Gasteiger partial charge in [0.05, 0.1) is 34.1 Å². The van der Waals surface area contributed by atoms with E-state index in [9.17, 15) is 9.59 Å². The van der Waals surface area contributed by atoms with E-state index in [1.807, 2.05) is 0 Å². The molecule has 0 saturated heterocycles. The molecular formula is C20H21Cl2N3O6. The van der Waals surface area contributed by atoms with E-state index in [1.54, 1.807) is 12.1 Å². The molecule has 0 spiro atoms. The number of anilines is 1. The van der Waals surface area contributed by atoms with Gasteiger partial charge in [-0.05, 0) is 25.1 Å². The van der Waals surface area contributed by atoms with Gasteiger partial charge in [-0.25, -0.2) is 0 Å². The molecule has 2 rings (SSSR count). The van der Waals surface area contributed by atoms with Crippen LogP contribution >= 0.6 is 23.2 Å². The molecule has 166 valence electrons. The minimum atomic E-state index is -1.47. The van der Waals surface area contributed by atoms with E-state index in [2.05, 4.69) is 15.5 Å². The third kappa shape index (κ3) is 5.56. The van der Waals surface area contributed by atoms with Gasteiger partial charge in [0.1, 0.15) is 22.2 Å². The first-order valence-electron chi connectivity index (χ1n) is 8.81. The molecule has 0 saturated carbocycles. The largest absolute Gasteiger partial charge is 0.495 e. The van der Waals surface area contributed by atoms with Gasteiger partial charge >= 0.3 is 0 Å². The van der Waals surface area contributed by atoms with E-state index < -0.39 is 17.7 Å². The molecule has 0 aliphatic carbocycles. The summed E-state index contributed by atoms with van der Waals surface area (Å²) in [5, 5.41) is 10.9. The Labute approximate surface area is 189 Å². The lowest BCUT2D eigenvalue weighted by atomic mass is 10.2. The minimum Gasteiger partial charge on any atom is -0.495 e. The Hall–Kier alpha value is -3.04. The van der Waals surface area contributed by atoms with Crippen LogP contribution in [0.25, 0.3) is 0 Å². The van der Waals surface area contributed by atoms with E-state index in [-0.39, 0.29) is 22.1 Å². The molecule has 0 aromatic heterocycles. The fourth-order valence-corrected chi connectivity index (χ4v) is 3.08. The third-order valence-corrected chi connectivity index (χ3v) is 4.68. The molecule has 11 heteroatoms. The molecule has 0 heterocycles. The molecule has 1 N–H and O–H groups in total. The molecule has 1 amide bonds. The van der Waals surface area contributed by atoms with Crippen LogP contribution in [0.4, 0.5) is 11.4 Å². The summed E-state index contributed by atoms with van der Waals surface area (Å²) in [4.78, 5) is 24.9. The van der Waals surface area contributed by atoms with Crippen molar-refractivity contribution in [3.8, 4) is 23.0 Å². The first-order valence-corrected chi connectivity index (χ1v) is 9.57. The molecule has 0 radical (unpaired) electrons. The number of ether oxygens (including phenoxy) is 4. The minimum absolute atomic E-state index is 0.115. The molecule has 31 heavy (non-hydrogen) atoms. The quantitative estimate of drug-likeness (QED) is 0.420. The number of halogens is 2. The molecule has 0 aliphatic heterocycles. The Bertz CT molecular complexity index is 1010. The first kappa shape index (κ1) is 24.2. The highest BCUT2D eigenvalue weighted by Crippen LogP contribution is 2.42. The second kappa shape index (κ2) is 10.8. The van der Waals surface area contributed by atoms with Crippen LogP contribution in [0.3, 0.4) is 0 Å². The van der Waals surface area contributed by atoms with E-state index >= 15 is 0 Å². The van der Waals surface area contributed by atoms with E-state index in [1.165, 1.54) is 47.5 Å². The molecule has 1 atom stereocenters. The Morgan fingerprint density at radius 3 is 2.10 bits per heavy atom. The van der Waals surface area contributed by atoms with Crippen LogP contribution < -0.4 is 24.3 Å². The number of hydrogen-bond donors (Lipinski definition) is 1. The Morgan fingerprint density at radius 2 is 1.55 bits per heavy atom. The molecule has 2 aromatic carbocycles. The first-order chi connectivity index (χ1) is 14.8. The van der Waals surface area contributed by atoms with E-state index in [4.69, 9.17) is 42.1 Å². The van der Waals surface area contributed by atoms with Crippen LogP contribution in [-0.4, -0.2) is 46.2 Å². The van der Waals surface area contributed by atoms with E-state index in [0.717, 1.165) is 0 Å². The number of rotatable bonds is 9. The molecular weight excluding hydrogens is 449 g/mol. The standard InChI is InChI=1S/C20H21Cl2N3O6/c1-10(26)17(24-25-18-14(29-3)7-6-13(28-2)16(18)22)20(27)23-12-8-11(21)9-15(30-4)19(12)31-5/h6-9,17H,1-5H3,(H,23,27). The number of amides is 1. The van der Waals surface area contributed by atoms with Gasteiger partial charge in [0, 0.05) is 11.1 Å². The van der Waals surface area contributed by atoms with Gasteiger partial charge in [-0.1, -0.05) is 23.2 Å². The average Bonchev–Trinajstić information content (AvgIpc) is 2.73. The molecule has 9 nitrogen and oxygen atoms in total. The molecule has 0 bridgehead atoms. The maximum absolute atomic E-state index is 12.8. The van der Waals surface area contributed by atoms with Gasteiger partial charge in [-0.3, -0.25) is 9.59 Å². The number of carbonyl (C=O) groups excluding carboxylic acids is 2. The zero-order chi connectivity index (χ0) is 23.1. The highest BCUT2D eigenvalue weighted by Gasteiger charge is 2.26.